The van der Waals surface area contributed by atoms with E-state index < -0.39 is 12.0 Å². The molecule has 0 bridgehead atoms. The van der Waals surface area contributed by atoms with Crippen LogP contribution in [0.2, 0.25) is 0 Å². The van der Waals surface area contributed by atoms with Gasteiger partial charge < -0.3 is 25.2 Å². The van der Waals surface area contributed by atoms with Gasteiger partial charge in [-0.2, -0.15) is 0 Å². The van der Waals surface area contributed by atoms with E-state index in [1.807, 2.05) is 0 Å². The van der Waals surface area contributed by atoms with Gasteiger partial charge in [-0.05, 0) is 31.0 Å². The van der Waals surface area contributed by atoms with Gasteiger partial charge in [0.25, 0.3) is 0 Å². The van der Waals surface area contributed by atoms with Crippen molar-refractivity contribution in [1.29, 1.82) is 0 Å². The van der Waals surface area contributed by atoms with Crippen LogP contribution < -0.4 is 20.1 Å². The summed E-state index contributed by atoms with van der Waals surface area (Å²) in [4.78, 5) is 23.9. The van der Waals surface area contributed by atoms with E-state index in [1.54, 1.807) is 25.3 Å². The number of hydrogen-bond donors (Lipinski definition) is 3. The Balaban J connectivity index is 2.66. The Morgan fingerprint density at radius 3 is 2.48 bits per heavy atom. The largest absolute Gasteiger partial charge is 0.497 e. The van der Waals surface area contributed by atoms with E-state index in [9.17, 15) is 14.7 Å². The highest BCUT2D eigenvalue weighted by atomic mass is 16.5. The zero-order valence-electron chi connectivity index (χ0n) is 16.7. The van der Waals surface area contributed by atoms with Gasteiger partial charge in [0.2, 0.25) is 5.91 Å². The Morgan fingerprint density at radius 1 is 1.19 bits per heavy atom. The smallest absolute Gasteiger partial charge is 0.321 e. The van der Waals surface area contributed by atoms with Crippen LogP contribution in [0, 0.1) is 5.92 Å². The van der Waals surface area contributed by atoms with Crippen molar-refractivity contribution >= 4 is 17.6 Å². The van der Waals surface area contributed by atoms with Crippen molar-refractivity contribution in [2.75, 3.05) is 26.1 Å². The number of rotatable bonds is 13. The summed E-state index contributed by atoms with van der Waals surface area (Å²) in [5.41, 5.74) is 0.474. The van der Waals surface area contributed by atoms with Gasteiger partial charge in [0.15, 0.2) is 0 Å². The maximum Gasteiger partial charge on any atom is 0.321 e. The summed E-state index contributed by atoms with van der Waals surface area (Å²) < 4.78 is 10.4. The summed E-state index contributed by atoms with van der Waals surface area (Å²) in [7, 11) is 3.04. The number of carboxylic acids is 1. The first-order chi connectivity index (χ1) is 12.9. The first-order valence-electron chi connectivity index (χ1n) is 9.43. The van der Waals surface area contributed by atoms with Crippen molar-refractivity contribution in [2.45, 2.75) is 52.0 Å². The standard InChI is InChI=1S/C20H32N2O5/c1-5-7-8-14(6-2)13-21-17(20(24)25)12-19(23)22-16-10-9-15(26-3)11-18(16)27-4/h9-11,14,17,21H,5-8,12-13H2,1-4H3,(H,22,23)(H,24,25)/t14-,17-/m1/s1. The molecule has 1 aromatic carbocycles. The Bertz CT molecular complexity index is 606. The van der Waals surface area contributed by atoms with Crippen molar-refractivity contribution in [3.63, 3.8) is 0 Å². The lowest BCUT2D eigenvalue weighted by Gasteiger charge is -2.20. The molecule has 0 aromatic heterocycles. The highest BCUT2D eigenvalue weighted by Gasteiger charge is 2.22. The minimum Gasteiger partial charge on any atom is -0.497 e. The third kappa shape index (κ3) is 7.86. The maximum absolute atomic E-state index is 12.3. The van der Waals surface area contributed by atoms with Crippen molar-refractivity contribution in [3.8, 4) is 11.5 Å². The zero-order valence-corrected chi connectivity index (χ0v) is 16.7. The molecule has 152 valence electrons. The van der Waals surface area contributed by atoms with Crippen LogP contribution in [0.5, 0.6) is 11.5 Å². The van der Waals surface area contributed by atoms with Crippen LogP contribution in [-0.2, 0) is 9.59 Å². The number of amides is 1. The summed E-state index contributed by atoms with van der Waals surface area (Å²) >= 11 is 0. The molecule has 1 amide bonds. The number of anilines is 1. The number of carboxylic acid groups (broad SMARTS) is 1. The number of carbonyl (C=O) groups excluding carboxylic acids is 1. The molecule has 7 heteroatoms. The number of carbonyl (C=O) groups is 2. The summed E-state index contributed by atoms with van der Waals surface area (Å²) in [6.07, 6.45) is 4.12. The monoisotopic (exact) mass is 380 g/mol. The number of nitrogens with one attached hydrogen (secondary N) is 2. The van der Waals surface area contributed by atoms with Gasteiger partial charge in [-0.3, -0.25) is 9.59 Å². The molecule has 0 aliphatic heterocycles. The predicted octanol–water partition coefficient (Wildman–Crippen LogP) is 3.29. The molecule has 0 unspecified atom stereocenters. The molecule has 7 nitrogen and oxygen atoms in total. The van der Waals surface area contributed by atoms with Crippen LogP contribution in [0.15, 0.2) is 18.2 Å². The van der Waals surface area contributed by atoms with Crippen LogP contribution in [0.3, 0.4) is 0 Å². The van der Waals surface area contributed by atoms with E-state index in [-0.39, 0.29) is 12.3 Å². The van der Waals surface area contributed by atoms with Crippen LogP contribution in [-0.4, -0.2) is 43.8 Å². The van der Waals surface area contributed by atoms with Crippen LogP contribution in [0.25, 0.3) is 0 Å². The second kappa shape index (κ2) is 12.2. The predicted molar refractivity (Wildman–Crippen MR) is 106 cm³/mol. The SMILES string of the molecule is CCCC[C@@H](CC)CN[C@H](CC(=O)Nc1ccc(OC)cc1OC)C(=O)O. The van der Waals surface area contributed by atoms with Crippen LogP contribution in [0.4, 0.5) is 5.69 Å². The molecule has 0 saturated heterocycles. The van der Waals surface area contributed by atoms with Gasteiger partial charge in [0.1, 0.15) is 17.5 Å². The average molecular weight is 380 g/mol. The topological polar surface area (TPSA) is 96.9 Å². The van der Waals surface area contributed by atoms with E-state index in [2.05, 4.69) is 24.5 Å². The van der Waals surface area contributed by atoms with E-state index in [4.69, 9.17) is 9.47 Å². The highest BCUT2D eigenvalue weighted by molar-refractivity contribution is 5.95. The molecule has 2 atom stereocenters. The third-order valence-electron chi connectivity index (χ3n) is 4.57. The summed E-state index contributed by atoms with van der Waals surface area (Å²) in [5, 5.41) is 15.2. The van der Waals surface area contributed by atoms with Crippen molar-refractivity contribution in [3.05, 3.63) is 18.2 Å². The van der Waals surface area contributed by atoms with Crippen molar-refractivity contribution in [2.24, 2.45) is 5.92 Å². The first kappa shape index (κ1) is 22.8. The average Bonchev–Trinajstić information content (AvgIpc) is 2.67. The Labute approximate surface area is 161 Å². The highest BCUT2D eigenvalue weighted by Crippen LogP contribution is 2.29. The quantitative estimate of drug-likeness (QED) is 0.486. The van der Waals surface area contributed by atoms with E-state index in [0.717, 1.165) is 25.7 Å². The molecule has 27 heavy (non-hydrogen) atoms. The van der Waals surface area contributed by atoms with Crippen molar-refractivity contribution < 1.29 is 24.2 Å². The first-order valence-corrected chi connectivity index (χ1v) is 9.43. The molecule has 0 aliphatic rings. The molecule has 3 N–H and O–H groups in total. The summed E-state index contributed by atoms with van der Waals surface area (Å²) in [5.74, 6) is 0.0504. The minimum absolute atomic E-state index is 0.158. The molecule has 0 saturated carbocycles. The molecular formula is C20H32N2O5. The van der Waals surface area contributed by atoms with Gasteiger partial charge in [-0.25, -0.2) is 0 Å². The number of hydrogen-bond acceptors (Lipinski definition) is 5. The molecule has 0 aliphatic carbocycles. The summed E-state index contributed by atoms with van der Waals surface area (Å²) in [6.45, 7) is 4.82. The van der Waals surface area contributed by atoms with Crippen LogP contribution >= 0.6 is 0 Å². The molecular weight excluding hydrogens is 348 g/mol. The minimum atomic E-state index is -1.03. The molecule has 0 heterocycles. The fourth-order valence-corrected chi connectivity index (χ4v) is 2.79. The number of unbranched alkanes of at least 4 members (excludes halogenated alkanes) is 1. The molecule has 0 spiro atoms. The van der Waals surface area contributed by atoms with Gasteiger partial charge in [0.05, 0.1) is 26.3 Å². The van der Waals surface area contributed by atoms with E-state index in [1.165, 1.54) is 7.11 Å². The van der Waals surface area contributed by atoms with Crippen molar-refractivity contribution in [1.82, 2.24) is 5.32 Å². The zero-order chi connectivity index (χ0) is 20.2. The Kier molecular flexibility index (Phi) is 10.3. The lowest BCUT2D eigenvalue weighted by molar-refractivity contribution is -0.141. The second-order valence-corrected chi connectivity index (χ2v) is 6.53. The number of benzene rings is 1. The van der Waals surface area contributed by atoms with Crippen LogP contribution in [0.1, 0.15) is 46.0 Å². The van der Waals surface area contributed by atoms with Gasteiger partial charge in [0, 0.05) is 6.07 Å². The normalized spacial score (nSPS) is 12.9. The van der Waals surface area contributed by atoms with E-state index >= 15 is 0 Å². The molecule has 0 fully saturated rings. The number of ether oxygens (including phenoxy) is 2. The molecule has 1 rings (SSSR count). The fraction of sp³-hybridized carbons (Fsp3) is 0.600. The molecule has 0 radical (unpaired) electrons. The van der Waals surface area contributed by atoms with E-state index in [0.29, 0.717) is 29.6 Å². The molecule has 1 aromatic rings. The number of methoxy groups -OCH3 is 2. The van der Waals surface area contributed by atoms with Gasteiger partial charge >= 0.3 is 5.97 Å². The lowest BCUT2D eigenvalue weighted by atomic mass is 9.99. The summed E-state index contributed by atoms with van der Waals surface area (Å²) in [6, 6.07) is 4.09. The second-order valence-electron chi connectivity index (χ2n) is 6.53. The van der Waals surface area contributed by atoms with Gasteiger partial charge in [-0.15, -0.1) is 0 Å². The third-order valence-corrected chi connectivity index (χ3v) is 4.57. The lowest BCUT2D eigenvalue weighted by Crippen LogP contribution is -2.42. The van der Waals surface area contributed by atoms with Gasteiger partial charge in [-0.1, -0.05) is 33.1 Å². The number of aliphatic carboxylic acids is 1. The Morgan fingerprint density at radius 2 is 1.93 bits per heavy atom. The maximum atomic E-state index is 12.3. The fourth-order valence-electron chi connectivity index (χ4n) is 2.79. The Hall–Kier alpha value is -2.28.